The van der Waals surface area contributed by atoms with Gasteiger partial charge in [-0.3, -0.25) is 4.79 Å². The number of esters is 1. The molecule has 0 radical (unpaired) electrons. The number of benzene rings is 1. The number of carbonyl (C=O) groups excluding carboxylic acids is 1. The van der Waals surface area contributed by atoms with E-state index in [1.165, 1.54) is 0 Å². The van der Waals surface area contributed by atoms with E-state index in [0.717, 1.165) is 12.8 Å². The number of para-hydroxylation sites is 1. The zero-order valence-electron chi connectivity index (χ0n) is 18.7. The van der Waals surface area contributed by atoms with Crippen molar-refractivity contribution in [2.45, 2.75) is 83.3 Å². The van der Waals surface area contributed by atoms with Gasteiger partial charge in [-0.05, 0) is 76.3 Å². The van der Waals surface area contributed by atoms with Crippen LogP contribution in [0.2, 0.25) is 0 Å². The average molecular weight is 437 g/mol. The van der Waals surface area contributed by atoms with Crippen LogP contribution in [0.4, 0.5) is 4.39 Å². The van der Waals surface area contributed by atoms with Crippen LogP contribution < -0.4 is 4.74 Å². The lowest BCUT2D eigenvalue weighted by Crippen LogP contribution is -2.24. The van der Waals surface area contributed by atoms with Crippen molar-refractivity contribution in [3.63, 3.8) is 0 Å². The van der Waals surface area contributed by atoms with Gasteiger partial charge >= 0.3 is 5.97 Å². The molecule has 6 heteroatoms. The molecule has 1 aromatic rings. The number of carbonyl (C=O) groups is 1. The van der Waals surface area contributed by atoms with Gasteiger partial charge in [0.2, 0.25) is 0 Å². The van der Waals surface area contributed by atoms with Crippen molar-refractivity contribution in [1.29, 1.82) is 0 Å². The standard InChI is InChI=1S/C25H37FO5/c1-18(2)31-25(29)13-9-4-3-8-12-21-22(24(28)16-23(21)27)15-14-19(26)17-30-20-10-6-5-7-11-20/h3-7,10-11,18-19,21-24,27-28H,8-9,12-17H2,1-2H3/t19-,21-,22-,23+,24-/m1/s1. The third kappa shape index (κ3) is 9.40. The first-order valence-electron chi connectivity index (χ1n) is 11.4. The highest BCUT2D eigenvalue weighted by Gasteiger charge is 2.40. The van der Waals surface area contributed by atoms with Crippen LogP contribution in [0.1, 0.15) is 58.8 Å². The van der Waals surface area contributed by atoms with Gasteiger partial charge in [-0.1, -0.05) is 30.4 Å². The van der Waals surface area contributed by atoms with Crippen molar-refractivity contribution in [1.82, 2.24) is 0 Å². The van der Waals surface area contributed by atoms with E-state index in [0.29, 0.717) is 37.9 Å². The van der Waals surface area contributed by atoms with Crippen LogP contribution in [0.15, 0.2) is 42.5 Å². The van der Waals surface area contributed by atoms with Gasteiger partial charge in [0.25, 0.3) is 0 Å². The van der Waals surface area contributed by atoms with E-state index in [4.69, 9.17) is 9.47 Å². The topological polar surface area (TPSA) is 76.0 Å². The van der Waals surface area contributed by atoms with E-state index in [-0.39, 0.29) is 30.5 Å². The van der Waals surface area contributed by atoms with Crippen LogP contribution in [-0.4, -0.2) is 47.3 Å². The first-order chi connectivity index (χ1) is 14.9. The molecular formula is C25H37FO5. The minimum Gasteiger partial charge on any atom is -0.491 e. The summed E-state index contributed by atoms with van der Waals surface area (Å²) in [6.45, 7) is 3.64. The van der Waals surface area contributed by atoms with E-state index in [2.05, 4.69) is 0 Å². The molecule has 0 saturated heterocycles. The number of ether oxygens (including phenoxy) is 2. The molecule has 31 heavy (non-hydrogen) atoms. The van der Waals surface area contributed by atoms with Crippen molar-refractivity contribution in [3.8, 4) is 5.75 Å². The molecule has 5 atom stereocenters. The normalized spacial score (nSPS) is 24.6. The molecule has 1 saturated carbocycles. The van der Waals surface area contributed by atoms with Crippen LogP contribution >= 0.6 is 0 Å². The fourth-order valence-electron chi connectivity index (χ4n) is 4.19. The third-order valence-electron chi connectivity index (χ3n) is 5.72. The predicted molar refractivity (Wildman–Crippen MR) is 119 cm³/mol. The Hall–Kier alpha value is -1.92. The Labute approximate surface area is 185 Å². The zero-order chi connectivity index (χ0) is 22.6. The number of aliphatic hydroxyl groups is 2. The van der Waals surface area contributed by atoms with E-state index in [1.54, 1.807) is 12.1 Å². The largest absolute Gasteiger partial charge is 0.491 e. The highest BCUT2D eigenvalue weighted by Crippen LogP contribution is 2.39. The fraction of sp³-hybridized carbons (Fsp3) is 0.640. The van der Waals surface area contributed by atoms with E-state index in [9.17, 15) is 19.4 Å². The van der Waals surface area contributed by atoms with Gasteiger partial charge in [0.15, 0.2) is 0 Å². The molecule has 1 aromatic carbocycles. The summed E-state index contributed by atoms with van der Waals surface area (Å²) in [5, 5.41) is 20.7. The summed E-state index contributed by atoms with van der Waals surface area (Å²) in [6.07, 6.45) is 5.19. The number of hydrogen-bond donors (Lipinski definition) is 2. The zero-order valence-corrected chi connectivity index (χ0v) is 18.7. The Kier molecular flexibility index (Phi) is 11.0. The summed E-state index contributed by atoms with van der Waals surface area (Å²) >= 11 is 0. The number of hydrogen-bond acceptors (Lipinski definition) is 5. The molecule has 0 heterocycles. The number of halogens is 1. The summed E-state index contributed by atoms with van der Waals surface area (Å²) in [4.78, 5) is 11.5. The molecule has 1 aliphatic rings. The molecule has 0 spiro atoms. The van der Waals surface area contributed by atoms with Gasteiger partial charge in [-0.25, -0.2) is 4.39 Å². The molecule has 0 aromatic heterocycles. The SMILES string of the molecule is CC(C)OC(=O)CCC=CCC[C@@H]1[C@@H](CC[C@@H](F)COc2ccccc2)[C@H](O)C[C@@H]1O. The third-order valence-corrected chi connectivity index (χ3v) is 5.72. The van der Waals surface area contributed by atoms with Crippen molar-refractivity contribution in [2.24, 2.45) is 11.8 Å². The van der Waals surface area contributed by atoms with Crippen LogP contribution in [0.5, 0.6) is 5.75 Å². The van der Waals surface area contributed by atoms with Crippen LogP contribution in [0.3, 0.4) is 0 Å². The van der Waals surface area contributed by atoms with Crippen molar-refractivity contribution < 1.29 is 28.9 Å². The minimum atomic E-state index is -1.11. The van der Waals surface area contributed by atoms with E-state index in [1.807, 2.05) is 44.2 Å². The highest BCUT2D eigenvalue weighted by molar-refractivity contribution is 5.69. The van der Waals surface area contributed by atoms with E-state index < -0.39 is 18.4 Å². The number of rotatable bonds is 13. The minimum absolute atomic E-state index is 0.0119. The fourth-order valence-corrected chi connectivity index (χ4v) is 4.19. The summed E-state index contributed by atoms with van der Waals surface area (Å²) in [6, 6.07) is 9.15. The smallest absolute Gasteiger partial charge is 0.306 e. The lowest BCUT2D eigenvalue weighted by Gasteiger charge is -2.24. The predicted octanol–water partition coefficient (Wildman–Crippen LogP) is 4.61. The monoisotopic (exact) mass is 436 g/mol. The second kappa shape index (κ2) is 13.5. The van der Waals surface area contributed by atoms with Crippen molar-refractivity contribution in [3.05, 3.63) is 42.5 Å². The van der Waals surface area contributed by atoms with Crippen molar-refractivity contribution in [2.75, 3.05) is 6.61 Å². The number of allylic oxidation sites excluding steroid dienone is 2. The first kappa shape index (κ1) is 25.3. The Morgan fingerprint density at radius 2 is 1.74 bits per heavy atom. The van der Waals surface area contributed by atoms with Crippen molar-refractivity contribution >= 4 is 5.97 Å². The Morgan fingerprint density at radius 1 is 1.10 bits per heavy atom. The Bertz CT molecular complexity index is 663. The van der Waals surface area contributed by atoms with Gasteiger partial charge in [0.1, 0.15) is 18.5 Å². The van der Waals surface area contributed by atoms with Gasteiger partial charge in [-0.15, -0.1) is 0 Å². The molecular weight excluding hydrogens is 399 g/mol. The quantitative estimate of drug-likeness (QED) is 0.349. The molecule has 0 aliphatic heterocycles. The molecule has 2 N–H and O–H groups in total. The van der Waals surface area contributed by atoms with Gasteiger partial charge in [0, 0.05) is 6.42 Å². The second-order valence-electron chi connectivity index (χ2n) is 8.62. The van der Waals surface area contributed by atoms with Gasteiger partial charge < -0.3 is 19.7 Å². The maximum absolute atomic E-state index is 14.3. The second-order valence-corrected chi connectivity index (χ2v) is 8.62. The summed E-state index contributed by atoms with van der Waals surface area (Å²) in [7, 11) is 0. The molecule has 174 valence electrons. The lowest BCUT2D eigenvalue weighted by molar-refractivity contribution is -0.147. The molecule has 1 aliphatic carbocycles. The van der Waals surface area contributed by atoms with E-state index >= 15 is 0 Å². The molecule has 5 nitrogen and oxygen atoms in total. The molecule has 2 rings (SSSR count). The van der Waals surface area contributed by atoms with Gasteiger partial charge in [-0.2, -0.15) is 0 Å². The average Bonchev–Trinajstić information content (AvgIpc) is 3.00. The molecule has 0 bridgehead atoms. The van der Waals surface area contributed by atoms with Crippen LogP contribution in [0, 0.1) is 11.8 Å². The summed E-state index contributed by atoms with van der Waals surface area (Å²) < 4.78 is 24.9. The molecule has 0 amide bonds. The maximum Gasteiger partial charge on any atom is 0.306 e. The highest BCUT2D eigenvalue weighted by atomic mass is 19.1. The van der Waals surface area contributed by atoms with Crippen LogP contribution in [-0.2, 0) is 9.53 Å². The van der Waals surface area contributed by atoms with Gasteiger partial charge in [0.05, 0.1) is 18.3 Å². The lowest BCUT2D eigenvalue weighted by atomic mass is 9.85. The molecule has 0 unspecified atom stereocenters. The maximum atomic E-state index is 14.3. The summed E-state index contributed by atoms with van der Waals surface area (Å²) in [5.74, 6) is 0.280. The number of aliphatic hydroxyl groups excluding tert-OH is 2. The van der Waals surface area contributed by atoms with Crippen LogP contribution in [0.25, 0.3) is 0 Å². The first-order valence-corrected chi connectivity index (χ1v) is 11.4. The number of alkyl halides is 1. The Morgan fingerprint density at radius 3 is 2.42 bits per heavy atom. The summed E-state index contributed by atoms with van der Waals surface area (Å²) in [5.41, 5.74) is 0. The molecule has 1 fully saturated rings. The Balaban J connectivity index is 1.70.